The Labute approximate surface area is 109 Å². The Morgan fingerprint density at radius 3 is 1.08 bits per heavy atom. The van der Waals surface area contributed by atoms with Gasteiger partial charge in [-0.05, 0) is 13.8 Å². The summed E-state index contributed by atoms with van der Waals surface area (Å²) in [6.07, 6.45) is 0. The summed E-state index contributed by atoms with van der Waals surface area (Å²) in [7, 11) is 0. The number of carbonyl (C=O) groups excluding carboxylic acids is 2. The standard InChI is InChI=1S/2C3H5BrO2.Mg/c2*1-2(4)3(5)6;/h2*2H,1H3,(H,5,6);/q;;+2/p-2. The average molecular weight is 328 g/mol. The van der Waals surface area contributed by atoms with Gasteiger partial charge in [0.25, 0.3) is 0 Å². The van der Waals surface area contributed by atoms with Crippen LogP contribution in [0.2, 0.25) is 0 Å². The van der Waals surface area contributed by atoms with Crippen molar-refractivity contribution in [2.45, 2.75) is 23.5 Å². The van der Waals surface area contributed by atoms with Gasteiger partial charge in [-0.25, -0.2) is 0 Å². The molecule has 7 heteroatoms. The molecule has 13 heavy (non-hydrogen) atoms. The molecule has 4 nitrogen and oxygen atoms in total. The third-order valence-electron chi connectivity index (χ3n) is 0.650. The third-order valence-corrected chi connectivity index (χ3v) is 1.40. The van der Waals surface area contributed by atoms with Crippen LogP contribution in [0.4, 0.5) is 0 Å². The van der Waals surface area contributed by atoms with Gasteiger partial charge in [0.05, 0.1) is 21.6 Å². The normalized spacial score (nSPS) is 12.6. The Bertz CT molecular complexity index is 143. The van der Waals surface area contributed by atoms with E-state index in [-0.39, 0.29) is 23.1 Å². The Hall–Kier alpha value is 0.666. The van der Waals surface area contributed by atoms with Crippen molar-refractivity contribution in [3.05, 3.63) is 0 Å². The smallest absolute Gasteiger partial charge is 0.549 e. The van der Waals surface area contributed by atoms with Crippen molar-refractivity contribution in [2.75, 3.05) is 0 Å². The molecule has 0 aromatic heterocycles. The number of alkyl halides is 2. The summed E-state index contributed by atoms with van der Waals surface area (Å²) >= 11 is 5.55. The van der Waals surface area contributed by atoms with Gasteiger partial charge in [0.2, 0.25) is 0 Å². The van der Waals surface area contributed by atoms with Gasteiger partial charge >= 0.3 is 23.1 Å². The second-order valence-corrected chi connectivity index (χ2v) is 4.62. The molecule has 0 radical (unpaired) electrons. The molecule has 0 spiro atoms. The zero-order valence-electron chi connectivity index (χ0n) is 7.25. The summed E-state index contributed by atoms with van der Waals surface area (Å²) in [6, 6.07) is 0. The van der Waals surface area contributed by atoms with Crippen LogP contribution in [-0.2, 0) is 9.59 Å². The summed E-state index contributed by atoms with van der Waals surface area (Å²) < 4.78 is 0. The maximum atomic E-state index is 9.54. The van der Waals surface area contributed by atoms with Crippen LogP contribution >= 0.6 is 31.9 Å². The molecule has 72 valence electrons. The van der Waals surface area contributed by atoms with Crippen LogP contribution in [0.25, 0.3) is 0 Å². The fourth-order valence-electron chi connectivity index (χ4n) is 0. The fourth-order valence-corrected chi connectivity index (χ4v) is 0. The number of rotatable bonds is 2. The first kappa shape index (κ1) is 19.3. The number of halogens is 2. The van der Waals surface area contributed by atoms with Gasteiger partial charge in [-0.2, -0.15) is 0 Å². The maximum Gasteiger partial charge on any atom is 2.00 e. The number of aliphatic carboxylic acids is 2. The SMILES string of the molecule is CC(Br)C(=O)[O-].CC(Br)C(=O)[O-].[Mg+2]. The second-order valence-electron chi connectivity index (χ2n) is 1.87. The van der Waals surface area contributed by atoms with Crippen molar-refractivity contribution in [1.82, 2.24) is 0 Å². The number of carboxylic acid groups (broad SMARTS) is 2. The quantitative estimate of drug-likeness (QED) is 0.464. The van der Waals surface area contributed by atoms with Crippen molar-refractivity contribution in [1.29, 1.82) is 0 Å². The van der Waals surface area contributed by atoms with Crippen LogP contribution < -0.4 is 10.2 Å². The molecular formula is C6H8Br2MgO4. The minimum atomic E-state index is -1.07. The first-order valence-corrected chi connectivity index (χ1v) is 4.82. The van der Waals surface area contributed by atoms with E-state index in [1.165, 1.54) is 13.8 Å². The molecule has 0 bridgehead atoms. The van der Waals surface area contributed by atoms with Crippen LogP contribution in [-0.4, -0.2) is 44.6 Å². The first-order chi connectivity index (χ1) is 5.29. The van der Waals surface area contributed by atoms with E-state index < -0.39 is 21.6 Å². The molecule has 0 saturated carbocycles. The molecule has 0 heterocycles. The van der Waals surface area contributed by atoms with Crippen molar-refractivity contribution in [3.63, 3.8) is 0 Å². The van der Waals surface area contributed by atoms with E-state index in [2.05, 4.69) is 31.9 Å². The van der Waals surface area contributed by atoms with Gasteiger partial charge in [-0.1, -0.05) is 31.9 Å². The molecule has 0 amide bonds. The minimum Gasteiger partial charge on any atom is -0.549 e. The Balaban J connectivity index is -0.000000143. The zero-order valence-corrected chi connectivity index (χ0v) is 11.8. The molecule has 0 N–H and O–H groups in total. The first-order valence-electron chi connectivity index (χ1n) is 2.98. The fraction of sp³-hybridized carbons (Fsp3) is 0.667. The van der Waals surface area contributed by atoms with Gasteiger partial charge < -0.3 is 19.8 Å². The molecule has 0 aliphatic rings. The van der Waals surface area contributed by atoms with Crippen LogP contribution in [0.3, 0.4) is 0 Å². The summed E-state index contributed by atoms with van der Waals surface area (Å²) in [5, 5.41) is 19.1. The van der Waals surface area contributed by atoms with E-state index in [4.69, 9.17) is 0 Å². The Morgan fingerprint density at radius 2 is 1.08 bits per heavy atom. The Kier molecular flexibility index (Phi) is 15.9. The van der Waals surface area contributed by atoms with Crippen LogP contribution in [0.5, 0.6) is 0 Å². The summed E-state index contributed by atoms with van der Waals surface area (Å²) in [4.78, 5) is 18.0. The molecule has 0 rings (SSSR count). The van der Waals surface area contributed by atoms with E-state index in [9.17, 15) is 19.8 Å². The van der Waals surface area contributed by atoms with Crippen molar-refractivity contribution < 1.29 is 19.8 Å². The molecular weight excluding hydrogens is 320 g/mol. The molecule has 0 aromatic rings. The predicted octanol–water partition coefficient (Wildman–Crippen LogP) is -1.34. The van der Waals surface area contributed by atoms with Crippen molar-refractivity contribution in [3.8, 4) is 0 Å². The van der Waals surface area contributed by atoms with E-state index in [1.807, 2.05) is 0 Å². The van der Waals surface area contributed by atoms with Crippen LogP contribution in [0.1, 0.15) is 13.8 Å². The molecule has 0 fully saturated rings. The predicted molar refractivity (Wildman–Crippen MR) is 52.5 cm³/mol. The average Bonchev–Trinajstić information content (AvgIpc) is 1.88. The number of carboxylic acids is 2. The van der Waals surface area contributed by atoms with Gasteiger partial charge in [0.15, 0.2) is 0 Å². The topological polar surface area (TPSA) is 80.3 Å². The summed E-state index contributed by atoms with van der Waals surface area (Å²) in [6.45, 7) is 2.99. The second kappa shape index (κ2) is 10.7. The van der Waals surface area contributed by atoms with E-state index in [0.717, 1.165) is 0 Å². The van der Waals surface area contributed by atoms with Gasteiger partial charge in [0.1, 0.15) is 0 Å². The van der Waals surface area contributed by atoms with E-state index in [1.54, 1.807) is 0 Å². The summed E-state index contributed by atoms with van der Waals surface area (Å²) in [5.41, 5.74) is 0. The molecule has 0 aromatic carbocycles. The number of carbonyl (C=O) groups is 2. The van der Waals surface area contributed by atoms with E-state index >= 15 is 0 Å². The largest absolute Gasteiger partial charge is 2.00 e. The molecule has 2 atom stereocenters. The number of hydrogen-bond acceptors (Lipinski definition) is 4. The van der Waals surface area contributed by atoms with Crippen LogP contribution in [0, 0.1) is 0 Å². The third kappa shape index (κ3) is 19.2. The summed E-state index contributed by atoms with van der Waals surface area (Å²) in [5.74, 6) is -2.15. The van der Waals surface area contributed by atoms with Gasteiger partial charge in [0, 0.05) is 0 Å². The maximum absolute atomic E-state index is 9.54. The van der Waals surface area contributed by atoms with Crippen LogP contribution in [0.15, 0.2) is 0 Å². The van der Waals surface area contributed by atoms with Crippen molar-refractivity contribution in [2.24, 2.45) is 0 Å². The van der Waals surface area contributed by atoms with Crippen molar-refractivity contribution >= 4 is 66.9 Å². The Morgan fingerprint density at radius 1 is 1.00 bits per heavy atom. The molecule has 0 aliphatic heterocycles. The molecule has 2 unspecified atom stereocenters. The zero-order chi connectivity index (χ0) is 10.3. The number of hydrogen-bond donors (Lipinski definition) is 0. The minimum absolute atomic E-state index is 0. The molecule has 0 saturated heterocycles. The van der Waals surface area contributed by atoms with Gasteiger partial charge in [-0.3, -0.25) is 0 Å². The molecule has 0 aliphatic carbocycles. The monoisotopic (exact) mass is 326 g/mol. The van der Waals surface area contributed by atoms with E-state index in [0.29, 0.717) is 0 Å². The van der Waals surface area contributed by atoms with Gasteiger partial charge in [-0.15, -0.1) is 0 Å².